The molecule has 2 rings (SSSR count). The Bertz CT molecular complexity index is 611. The Morgan fingerprint density at radius 2 is 2.24 bits per heavy atom. The quantitative estimate of drug-likeness (QED) is 0.792. The van der Waals surface area contributed by atoms with Crippen molar-refractivity contribution < 1.29 is 9.53 Å². The normalized spacial score (nSPS) is 15.1. The fourth-order valence-electron chi connectivity index (χ4n) is 1.94. The van der Waals surface area contributed by atoms with E-state index in [0.29, 0.717) is 31.0 Å². The van der Waals surface area contributed by atoms with Gasteiger partial charge in [-0.25, -0.2) is 14.8 Å². The van der Waals surface area contributed by atoms with Gasteiger partial charge in [0.15, 0.2) is 5.82 Å². The van der Waals surface area contributed by atoms with Crippen molar-refractivity contribution in [3.8, 4) is 6.07 Å². The van der Waals surface area contributed by atoms with Crippen LogP contribution in [0, 0.1) is 11.3 Å². The number of aromatic nitrogens is 2. The van der Waals surface area contributed by atoms with E-state index in [0.717, 1.165) is 5.57 Å². The summed E-state index contributed by atoms with van der Waals surface area (Å²) in [6.07, 6.45) is 3.81. The molecule has 0 saturated heterocycles. The molecular formula is C15H18N4O2. The Balaban J connectivity index is 2.05. The molecule has 1 amide bonds. The second-order valence-corrected chi connectivity index (χ2v) is 5.78. The minimum atomic E-state index is -0.495. The molecule has 21 heavy (non-hydrogen) atoms. The van der Waals surface area contributed by atoms with Crippen molar-refractivity contribution in [2.75, 3.05) is 13.1 Å². The summed E-state index contributed by atoms with van der Waals surface area (Å²) in [4.78, 5) is 21.9. The number of hydrogen-bond donors (Lipinski definition) is 0. The molecule has 6 nitrogen and oxygen atoms in total. The largest absolute Gasteiger partial charge is 0.444 e. The summed E-state index contributed by atoms with van der Waals surface area (Å²) in [6, 6.07) is 3.57. The smallest absolute Gasteiger partial charge is 0.410 e. The third kappa shape index (κ3) is 4.02. The van der Waals surface area contributed by atoms with E-state index in [-0.39, 0.29) is 6.09 Å². The van der Waals surface area contributed by atoms with Crippen LogP contribution >= 0.6 is 0 Å². The van der Waals surface area contributed by atoms with Crippen LogP contribution in [0.3, 0.4) is 0 Å². The zero-order valence-electron chi connectivity index (χ0n) is 12.5. The molecular weight excluding hydrogens is 268 g/mol. The highest BCUT2D eigenvalue weighted by Gasteiger charge is 2.24. The van der Waals surface area contributed by atoms with Gasteiger partial charge in [-0.2, -0.15) is 5.26 Å². The number of nitrogens with zero attached hydrogens (tertiary/aromatic N) is 4. The van der Waals surface area contributed by atoms with Gasteiger partial charge in [-0.3, -0.25) is 0 Å². The highest BCUT2D eigenvalue weighted by Crippen LogP contribution is 2.20. The Morgan fingerprint density at radius 1 is 1.48 bits per heavy atom. The lowest BCUT2D eigenvalue weighted by molar-refractivity contribution is 0.0270. The highest BCUT2D eigenvalue weighted by atomic mass is 16.6. The van der Waals surface area contributed by atoms with Crippen molar-refractivity contribution in [1.82, 2.24) is 14.9 Å². The molecule has 1 aromatic rings. The SMILES string of the molecule is CC(C)(C)OC(=O)N1CC=C(c2nccc(C#N)n2)CC1. The summed E-state index contributed by atoms with van der Waals surface area (Å²) in [6.45, 7) is 6.55. The molecule has 1 aliphatic heterocycles. The maximum Gasteiger partial charge on any atom is 0.410 e. The summed E-state index contributed by atoms with van der Waals surface area (Å²) in [7, 11) is 0. The van der Waals surface area contributed by atoms with Crippen molar-refractivity contribution in [2.45, 2.75) is 32.8 Å². The number of amides is 1. The van der Waals surface area contributed by atoms with Crippen molar-refractivity contribution in [3.63, 3.8) is 0 Å². The molecule has 0 radical (unpaired) electrons. The first-order valence-corrected chi connectivity index (χ1v) is 6.79. The molecule has 0 saturated carbocycles. The number of carbonyl (C=O) groups excluding carboxylic acids is 1. The van der Waals surface area contributed by atoms with Crippen molar-refractivity contribution in [1.29, 1.82) is 5.26 Å². The molecule has 0 unspecified atom stereocenters. The monoisotopic (exact) mass is 286 g/mol. The molecule has 110 valence electrons. The summed E-state index contributed by atoms with van der Waals surface area (Å²) >= 11 is 0. The maximum absolute atomic E-state index is 12.0. The van der Waals surface area contributed by atoms with Gasteiger partial charge in [0.25, 0.3) is 0 Å². The lowest BCUT2D eigenvalue weighted by atomic mass is 10.1. The topological polar surface area (TPSA) is 79.1 Å². The molecule has 0 aromatic carbocycles. The zero-order chi connectivity index (χ0) is 15.5. The van der Waals surface area contributed by atoms with Gasteiger partial charge in [-0.15, -0.1) is 0 Å². The first-order valence-electron chi connectivity index (χ1n) is 6.79. The maximum atomic E-state index is 12.0. The Kier molecular flexibility index (Phi) is 4.22. The van der Waals surface area contributed by atoms with Crippen LogP contribution in [0.5, 0.6) is 0 Å². The Morgan fingerprint density at radius 3 is 2.81 bits per heavy atom. The number of hydrogen-bond acceptors (Lipinski definition) is 5. The molecule has 0 bridgehead atoms. The molecule has 0 aliphatic carbocycles. The predicted molar refractivity (Wildman–Crippen MR) is 77.1 cm³/mol. The number of rotatable bonds is 1. The Labute approximate surface area is 124 Å². The van der Waals surface area contributed by atoms with Crippen molar-refractivity contribution >= 4 is 11.7 Å². The summed E-state index contributed by atoms with van der Waals surface area (Å²) in [5.41, 5.74) is 0.799. The molecule has 6 heteroatoms. The molecule has 0 spiro atoms. The van der Waals surface area contributed by atoms with Gasteiger partial charge in [0.2, 0.25) is 0 Å². The first-order chi connectivity index (χ1) is 9.89. The average molecular weight is 286 g/mol. The number of nitriles is 1. The van der Waals surface area contributed by atoms with E-state index in [1.54, 1.807) is 17.2 Å². The van der Waals surface area contributed by atoms with Crippen LogP contribution < -0.4 is 0 Å². The molecule has 1 aliphatic rings. The lowest BCUT2D eigenvalue weighted by Crippen LogP contribution is -2.39. The van der Waals surface area contributed by atoms with Gasteiger partial charge in [-0.05, 0) is 38.8 Å². The minimum Gasteiger partial charge on any atom is -0.444 e. The van der Waals surface area contributed by atoms with Crippen LogP contribution in [-0.4, -0.2) is 39.7 Å². The van der Waals surface area contributed by atoms with Gasteiger partial charge >= 0.3 is 6.09 Å². The van der Waals surface area contributed by atoms with Gasteiger partial charge < -0.3 is 9.64 Å². The summed E-state index contributed by atoms with van der Waals surface area (Å²) in [5.74, 6) is 0.554. The van der Waals surface area contributed by atoms with E-state index in [4.69, 9.17) is 10.00 Å². The molecule has 0 fully saturated rings. The van der Waals surface area contributed by atoms with E-state index in [2.05, 4.69) is 9.97 Å². The van der Waals surface area contributed by atoms with Crippen LogP contribution in [0.4, 0.5) is 4.79 Å². The van der Waals surface area contributed by atoms with E-state index < -0.39 is 5.60 Å². The summed E-state index contributed by atoms with van der Waals surface area (Å²) in [5, 5.41) is 8.85. The average Bonchev–Trinajstić information content (AvgIpc) is 2.46. The van der Waals surface area contributed by atoms with Crippen LogP contribution in [0.25, 0.3) is 5.57 Å². The number of carbonyl (C=O) groups is 1. The lowest BCUT2D eigenvalue weighted by Gasteiger charge is -2.29. The predicted octanol–water partition coefficient (Wildman–Crippen LogP) is 2.37. The van der Waals surface area contributed by atoms with Crippen molar-refractivity contribution in [2.24, 2.45) is 0 Å². The minimum absolute atomic E-state index is 0.315. The van der Waals surface area contributed by atoms with E-state index in [1.165, 1.54) is 0 Å². The standard InChI is InChI=1S/C15H18N4O2/c1-15(2,3)21-14(20)19-8-5-11(6-9-19)13-17-7-4-12(10-16)18-13/h4-5,7H,6,8-9H2,1-3H3. The fraction of sp³-hybridized carbons (Fsp3) is 0.467. The van der Waals surface area contributed by atoms with E-state index in [1.807, 2.05) is 32.9 Å². The van der Waals surface area contributed by atoms with Gasteiger partial charge in [0, 0.05) is 19.3 Å². The molecule has 2 heterocycles. The fourth-order valence-corrected chi connectivity index (χ4v) is 1.94. The third-order valence-corrected chi connectivity index (χ3v) is 2.92. The van der Waals surface area contributed by atoms with Gasteiger partial charge in [-0.1, -0.05) is 6.08 Å². The highest BCUT2D eigenvalue weighted by molar-refractivity contribution is 5.71. The van der Waals surface area contributed by atoms with E-state index >= 15 is 0 Å². The first kappa shape index (κ1) is 15.0. The van der Waals surface area contributed by atoms with Crippen molar-refractivity contribution in [3.05, 3.63) is 29.9 Å². The van der Waals surface area contributed by atoms with Crippen LogP contribution in [0.1, 0.15) is 38.7 Å². The van der Waals surface area contributed by atoms with Crippen LogP contribution in [0.2, 0.25) is 0 Å². The molecule has 0 N–H and O–H groups in total. The van der Waals surface area contributed by atoms with E-state index in [9.17, 15) is 4.79 Å². The summed E-state index contributed by atoms with van der Waals surface area (Å²) < 4.78 is 5.34. The second kappa shape index (κ2) is 5.92. The Hall–Kier alpha value is -2.42. The van der Waals surface area contributed by atoms with Crippen LogP contribution in [-0.2, 0) is 4.74 Å². The van der Waals surface area contributed by atoms with Gasteiger partial charge in [0.05, 0.1) is 0 Å². The second-order valence-electron chi connectivity index (χ2n) is 5.78. The van der Waals surface area contributed by atoms with Gasteiger partial charge in [0.1, 0.15) is 17.4 Å². The zero-order valence-corrected chi connectivity index (χ0v) is 12.5. The third-order valence-electron chi connectivity index (χ3n) is 2.92. The molecule has 1 aromatic heterocycles. The number of ether oxygens (including phenoxy) is 1. The van der Waals surface area contributed by atoms with Crippen LogP contribution in [0.15, 0.2) is 18.3 Å². The molecule has 0 atom stereocenters.